The van der Waals surface area contributed by atoms with Gasteiger partial charge in [-0.15, -0.1) is 0 Å². The van der Waals surface area contributed by atoms with Gasteiger partial charge < -0.3 is 14.9 Å². The molecular weight excluding hydrogens is 402 g/mol. The Morgan fingerprint density at radius 1 is 0.906 bits per heavy atom. The van der Waals surface area contributed by atoms with Gasteiger partial charge in [-0.05, 0) is 18.6 Å². The predicted molar refractivity (Wildman–Crippen MR) is 126 cm³/mol. The van der Waals surface area contributed by atoms with E-state index in [9.17, 15) is 9.59 Å². The van der Waals surface area contributed by atoms with Crippen molar-refractivity contribution in [1.29, 1.82) is 5.41 Å². The number of benzene rings is 2. The molecule has 0 fully saturated rings. The second-order valence-corrected chi connectivity index (χ2v) is 8.09. The lowest BCUT2D eigenvalue weighted by Crippen LogP contribution is -2.22. The van der Waals surface area contributed by atoms with Crippen molar-refractivity contribution in [2.45, 2.75) is 19.4 Å². The van der Waals surface area contributed by atoms with Gasteiger partial charge in [0.2, 0.25) is 0 Å². The van der Waals surface area contributed by atoms with Crippen molar-refractivity contribution in [2.75, 3.05) is 0 Å². The van der Waals surface area contributed by atoms with Crippen molar-refractivity contribution in [3.8, 4) is 0 Å². The highest BCUT2D eigenvalue weighted by Crippen LogP contribution is 2.38. The fourth-order valence-corrected chi connectivity index (χ4v) is 4.58. The van der Waals surface area contributed by atoms with Gasteiger partial charge in [0.15, 0.2) is 0 Å². The van der Waals surface area contributed by atoms with Crippen LogP contribution >= 0.6 is 0 Å². The Hall–Kier alpha value is -4.13. The van der Waals surface area contributed by atoms with E-state index in [2.05, 4.69) is 9.88 Å². The Balaban J connectivity index is 1.73. The minimum Gasteiger partial charge on any atom is -0.388 e. The van der Waals surface area contributed by atoms with Crippen LogP contribution in [-0.2, 0) is 23.2 Å². The van der Waals surface area contributed by atoms with Crippen molar-refractivity contribution < 1.29 is 9.59 Å². The molecule has 0 atom stereocenters. The number of fused-ring (bicyclic) bond motifs is 2. The van der Waals surface area contributed by atoms with Gasteiger partial charge in [-0.25, -0.2) is 0 Å². The molecule has 2 amide bonds. The molecule has 2 aromatic carbocycles. The molecule has 32 heavy (non-hydrogen) atoms. The molecular formula is C25H23N5O2. The summed E-state index contributed by atoms with van der Waals surface area (Å²) in [6, 6.07) is 15.7. The summed E-state index contributed by atoms with van der Waals surface area (Å²) in [7, 11) is 1.93. The number of carbonyl (C=O) groups is 2. The van der Waals surface area contributed by atoms with E-state index in [-0.39, 0.29) is 17.6 Å². The van der Waals surface area contributed by atoms with E-state index in [1.165, 1.54) is 0 Å². The lowest BCUT2D eigenvalue weighted by atomic mass is 9.95. The zero-order valence-electron chi connectivity index (χ0n) is 17.7. The smallest absolute Gasteiger partial charge is 0.259 e. The topological polar surface area (TPSA) is 106 Å². The highest BCUT2D eigenvalue weighted by Gasteiger charge is 2.35. The number of aryl methyl sites for hydroxylation is 2. The van der Waals surface area contributed by atoms with Crippen molar-refractivity contribution in [1.82, 2.24) is 14.5 Å². The predicted octanol–water partition coefficient (Wildman–Crippen LogP) is 3.42. The molecule has 4 N–H and O–H groups in total. The molecule has 5 rings (SSSR count). The fraction of sp³-hybridized carbons (Fsp3) is 0.160. The second-order valence-electron chi connectivity index (χ2n) is 8.09. The number of hydrogen-bond donors (Lipinski definition) is 3. The number of rotatable bonds is 6. The third-order valence-electron chi connectivity index (χ3n) is 6.00. The van der Waals surface area contributed by atoms with Crippen LogP contribution in [0.5, 0.6) is 0 Å². The number of nitrogens with zero attached hydrogens (tertiary/aromatic N) is 2. The third kappa shape index (κ3) is 3.10. The summed E-state index contributed by atoms with van der Waals surface area (Å²) in [5, 5.41) is 11.8. The molecule has 0 radical (unpaired) electrons. The molecule has 0 aliphatic carbocycles. The standard InChI is InChI=1S/C25H23N5O2/c1-29-13-17(15-7-2-4-9-19(15)29)22-23(25(32)28-24(22)31)18-14-30(12-6-11-21(26)27)20-10-5-3-8-16(18)20/h2-5,7-10,13-14H,6,11-12H2,1H3,(H3,26,27)(H,28,31,32). The zero-order chi connectivity index (χ0) is 22.4. The first kappa shape index (κ1) is 19.8. The minimum absolute atomic E-state index is 0.156. The number of aromatic nitrogens is 2. The summed E-state index contributed by atoms with van der Waals surface area (Å²) < 4.78 is 4.04. The number of hydrogen-bond acceptors (Lipinski definition) is 3. The van der Waals surface area contributed by atoms with Crippen LogP contribution in [-0.4, -0.2) is 26.8 Å². The average Bonchev–Trinajstić information content (AvgIpc) is 3.39. The zero-order valence-corrected chi connectivity index (χ0v) is 17.7. The molecule has 1 aliphatic heterocycles. The summed E-state index contributed by atoms with van der Waals surface area (Å²) in [5.74, 6) is -0.609. The summed E-state index contributed by atoms with van der Waals surface area (Å²) in [6.07, 6.45) is 5.06. The van der Waals surface area contributed by atoms with Gasteiger partial charge in [0.25, 0.3) is 11.8 Å². The minimum atomic E-state index is -0.385. The third-order valence-corrected chi connectivity index (χ3v) is 6.00. The van der Waals surface area contributed by atoms with Crippen molar-refractivity contribution in [3.05, 3.63) is 72.1 Å². The number of nitrogens with one attached hydrogen (secondary N) is 2. The van der Waals surface area contributed by atoms with Crippen molar-refractivity contribution in [2.24, 2.45) is 12.8 Å². The highest BCUT2D eigenvalue weighted by molar-refractivity contribution is 6.50. The maximum Gasteiger partial charge on any atom is 0.259 e. The molecule has 0 bridgehead atoms. The quantitative estimate of drug-likeness (QED) is 0.250. The summed E-state index contributed by atoms with van der Waals surface area (Å²) in [6.45, 7) is 0.659. The average molecular weight is 425 g/mol. The molecule has 1 aliphatic rings. The highest BCUT2D eigenvalue weighted by atomic mass is 16.2. The van der Waals surface area contributed by atoms with Gasteiger partial charge in [-0.1, -0.05) is 36.4 Å². The Kier molecular flexibility index (Phi) is 4.66. The van der Waals surface area contributed by atoms with Gasteiger partial charge in [-0.3, -0.25) is 20.3 Å². The van der Waals surface area contributed by atoms with Gasteiger partial charge >= 0.3 is 0 Å². The molecule has 4 aromatic rings. The van der Waals surface area contributed by atoms with Crippen LogP contribution in [0.15, 0.2) is 60.9 Å². The number of nitrogens with two attached hydrogens (primary N) is 1. The van der Waals surface area contributed by atoms with Crippen molar-refractivity contribution in [3.63, 3.8) is 0 Å². The molecule has 160 valence electrons. The molecule has 2 aromatic heterocycles. The summed E-state index contributed by atoms with van der Waals surface area (Å²) >= 11 is 0. The van der Waals surface area contributed by atoms with Crippen LogP contribution in [0.1, 0.15) is 24.0 Å². The first-order chi connectivity index (χ1) is 15.5. The monoisotopic (exact) mass is 425 g/mol. The molecule has 0 spiro atoms. The van der Waals surface area contributed by atoms with E-state index in [4.69, 9.17) is 11.1 Å². The van der Waals surface area contributed by atoms with E-state index in [0.717, 1.165) is 32.9 Å². The maximum absolute atomic E-state index is 13.0. The van der Waals surface area contributed by atoms with Crippen LogP contribution in [0, 0.1) is 5.41 Å². The molecule has 3 heterocycles. The Labute approximate surface area is 184 Å². The number of carbonyl (C=O) groups excluding carboxylic acids is 2. The molecule has 0 saturated heterocycles. The summed E-state index contributed by atoms with van der Waals surface area (Å²) in [4.78, 5) is 26.0. The van der Waals surface area contributed by atoms with E-state index in [1.807, 2.05) is 72.5 Å². The van der Waals surface area contributed by atoms with Crippen LogP contribution in [0.2, 0.25) is 0 Å². The van der Waals surface area contributed by atoms with E-state index >= 15 is 0 Å². The van der Waals surface area contributed by atoms with Crippen LogP contribution in [0.3, 0.4) is 0 Å². The largest absolute Gasteiger partial charge is 0.388 e. The van der Waals surface area contributed by atoms with Gasteiger partial charge in [0.05, 0.1) is 17.0 Å². The molecule has 0 unspecified atom stereocenters. The lowest BCUT2D eigenvalue weighted by Gasteiger charge is -2.04. The second kappa shape index (κ2) is 7.53. The Bertz CT molecular complexity index is 1450. The van der Waals surface area contributed by atoms with Gasteiger partial charge in [-0.2, -0.15) is 0 Å². The maximum atomic E-state index is 13.0. The van der Waals surface area contributed by atoms with Gasteiger partial charge in [0.1, 0.15) is 0 Å². The van der Waals surface area contributed by atoms with E-state index in [1.54, 1.807) is 0 Å². The van der Waals surface area contributed by atoms with E-state index < -0.39 is 0 Å². The summed E-state index contributed by atoms with van der Waals surface area (Å²) in [5.41, 5.74) is 9.75. The van der Waals surface area contributed by atoms with Crippen molar-refractivity contribution >= 4 is 50.6 Å². The number of amides is 2. The normalized spacial score (nSPS) is 14.0. The molecule has 7 heteroatoms. The Morgan fingerprint density at radius 2 is 1.47 bits per heavy atom. The molecule has 7 nitrogen and oxygen atoms in total. The van der Waals surface area contributed by atoms with E-state index in [0.29, 0.717) is 30.5 Å². The SMILES string of the molecule is Cn1cc(C2=C(c3cn(CCCC(=N)N)c4ccccc34)C(=O)NC2=O)c2ccccc21. The van der Waals surface area contributed by atoms with Crippen LogP contribution in [0.4, 0.5) is 0 Å². The number of para-hydroxylation sites is 2. The van der Waals surface area contributed by atoms with Gasteiger partial charge in [0, 0.05) is 65.3 Å². The first-order valence-corrected chi connectivity index (χ1v) is 10.5. The van der Waals surface area contributed by atoms with Crippen LogP contribution < -0.4 is 11.1 Å². The number of amidine groups is 1. The molecule has 0 saturated carbocycles. The fourth-order valence-electron chi connectivity index (χ4n) is 4.58. The first-order valence-electron chi connectivity index (χ1n) is 10.5. The Morgan fingerprint density at radius 3 is 2.12 bits per heavy atom. The number of imide groups is 1. The van der Waals surface area contributed by atoms with Crippen LogP contribution in [0.25, 0.3) is 33.0 Å². The lowest BCUT2D eigenvalue weighted by molar-refractivity contribution is -0.122.